The molecule has 0 saturated heterocycles. The predicted octanol–water partition coefficient (Wildman–Crippen LogP) is 2.60. The fourth-order valence-corrected chi connectivity index (χ4v) is 2.45. The number of carbonyl (C=O) groups excluding carboxylic acids is 2. The number of primary amides is 1. The molecule has 0 radical (unpaired) electrons. The number of benzene rings is 2. The van der Waals surface area contributed by atoms with Crippen LogP contribution in [0.1, 0.15) is 16.7 Å². The van der Waals surface area contributed by atoms with Crippen molar-refractivity contribution in [2.24, 2.45) is 5.73 Å². The summed E-state index contributed by atoms with van der Waals surface area (Å²) in [6, 6.07) is 8.61. The van der Waals surface area contributed by atoms with Gasteiger partial charge in [-0.15, -0.1) is 0 Å². The molecule has 0 spiro atoms. The molecule has 0 bridgehead atoms. The zero-order valence-corrected chi connectivity index (χ0v) is 13.5. The molecular weight excluding hydrogens is 352 g/mol. The number of hydrogen-bond donors (Lipinski definition) is 2. The van der Waals surface area contributed by atoms with Crippen molar-refractivity contribution in [1.29, 1.82) is 0 Å². The minimum atomic E-state index is -4.59. The minimum Gasteiger partial charge on any atom is -0.368 e. The van der Waals surface area contributed by atoms with E-state index in [4.69, 9.17) is 5.73 Å². The average molecular weight is 368 g/mol. The van der Waals surface area contributed by atoms with E-state index in [0.717, 1.165) is 6.07 Å². The molecule has 0 aliphatic rings. The van der Waals surface area contributed by atoms with Gasteiger partial charge in [-0.05, 0) is 29.3 Å². The maximum atomic E-state index is 13.0. The van der Waals surface area contributed by atoms with Crippen molar-refractivity contribution in [3.8, 4) is 0 Å². The van der Waals surface area contributed by atoms with E-state index in [1.165, 1.54) is 42.5 Å². The fraction of sp³-hybridized carbons (Fsp3) is 0.222. The SMILES string of the molecule is NC(=O)[C@H](Cc1ccccc1C(F)(F)F)NC(=O)Cc1ccc(F)cc1. The van der Waals surface area contributed by atoms with Crippen LogP contribution in [0, 0.1) is 5.82 Å². The second-order valence-electron chi connectivity index (χ2n) is 5.68. The quantitative estimate of drug-likeness (QED) is 0.770. The Morgan fingerprint density at radius 1 is 1.04 bits per heavy atom. The van der Waals surface area contributed by atoms with Crippen LogP contribution >= 0.6 is 0 Å². The highest BCUT2D eigenvalue weighted by Gasteiger charge is 2.34. The molecule has 0 aromatic heterocycles. The van der Waals surface area contributed by atoms with Crippen LogP contribution in [0.15, 0.2) is 48.5 Å². The third-order valence-corrected chi connectivity index (χ3v) is 3.70. The summed E-state index contributed by atoms with van der Waals surface area (Å²) < 4.78 is 52.0. The van der Waals surface area contributed by atoms with Gasteiger partial charge < -0.3 is 11.1 Å². The molecule has 0 aliphatic carbocycles. The molecule has 3 N–H and O–H groups in total. The lowest BCUT2D eigenvalue weighted by molar-refractivity contribution is -0.138. The zero-order chi connectivity index (χ0) is 19.3. The molecule has 0 aliphatic heterocycles. The van der Waals surface area contributed by atoms with Crippen molar-refractivity contribution in [3.63, 3.8) is 0 Å². The van der Waals surface area contributed by atoms with Gasteiger partial charge in [0.05, 0.1) is 12.0 Å². The molecule has 138 valence electrons. The second kappa shape index (κ2) is 7.99. The molecule has 2 rings (SSSR count). The molecule has 1 atom stereocenters. The topological polar surface area (TPSA) is 72.2 Å². The lowest BCUT2D eigenvalue weighted by Crippen LogP contribution is -2.46. The van der Waals surface area contributed by atoms with Crippen molar-refractivity contribution in [3.05, 3.63) is 71.0 Å². The molecule has 0 unspecified atom stereocenters. The predicted molar refractivity (Wildman–Crippen MR) is 86.4 cm³/mol. The van der Waals surface area contributed by atoms with Crippen molar-refractivity contribution < 1.29 is 27.2 Å². The van der Waals surface area contributed by atoms with Gasteiger partial charge in [0, 0.05) is 6.42 Å². The van der Waals surface area contributed by atoms with E-state index in [1.807, 2.05) is 0 Å². The summed E-state index contributed by atoms with van der Waals surface area (Å²) in [5, 5.41) is 2.33. The monoisotopic (exact) mass is 368 g/mol. The summed E-state index contributed by atoms with van der Waals surface area (Å²) in [6.45, 7) is 0. The number of amides is 2. The van der Waals surface area contributed by atoms with Crippen LogP contribution in [0.25, 0.3) is 0 Å². The maximum Gasteiger partial charge on any atom is 0.416 e. The first-order valence-electron chi connectivity index (χ1n) is 7.65. The fourth-order valence-electron chi connectivity index (χ4n) is 2.45. The number of nitrogens with one attached hydrogen (secondary N) is 1. The van der Waals surface area contributed by atoms with Gasteiger partial charge in [0.2, 0.25) is 11.8 Å². The first kappa shape index (κ1) is 19.4. The van der Waals surface area contributed by atoms with Gasteiger partial charge in [-0.1, -0.05) is 30.3 Å². The highest BCUT2D eigenvalue weighted by atomic mass is 19.4. The van der Waals surface area contributed by atoms with Crippen LogP contribution in [0.4, 0.5) is 17.6 Å². The third kappa shape index (κ3) is 5.30. The molecule has 8 heteroatoms. The summed E-state index contributed by atoms with van der Waals surface area (Å²) >= 11 is 0. The Balaban J connectivity index is 2.11. The van der Waals surface area contributed by atoms with Crippen LogP contribution in [0.2, 0.25) is 0 Å². The van der Waals surface area contributed by atoms with Crippen LogP contribution in [-0.2, 0) is 28.6 Å². The Morgan fingerprint density at radius 3 is 2.23 bits per heavy atom. The molecule has 2 aromatic carbocycles. The Bertz CT molecular complexity index is 789. The normalized spacial score (nSPS) is 12.5. The second-order valence-corrected chi connectivity index (χ2v) is 5.68. The van der Waals surface area contributed by atoms with Gasteiger partial charge in [-0.3, -0.25) is 9.59 Å². The molecular formula is C18H16F4N2O2. The minimum absolute atomic E-state index is 0.147. The highest BCUT2D eigenvalue weighted by molar-refractivity contribution is 5.87. The average Bonchev–Trinajstić information content (AvgIpc) is 2.56. The molecule has 2 aromatic rings. The van der Waals surface area contributed by atoms with Crippen LogP contribution < -0.4 is 11.1 Å². The Hall–Kier alpha value is -2.90. The molecule has 0 heterocycles. The first-order chi connectivity index (χ1) is 12.2. The summed E-state index contributed by atoms with van der Waals surface area (Å²) in [5.41, 5.74) is 4.67. The maximum absolute atomic E-state index is 13.0. The lowest BCUT2D eigenvalue weighted by Gasteiger charge is -2.18. The van der Waals surface area contributed by atoms with Crippen molar-refractivity contribution in [2.45, 2.75) is 25.1 Å². The summed E-state index contributed by atoms with van der Waals surface area (Å²) in [6.07, 6.45) is -5.14. The van der Waals surface area contributed by atoms with E-state index in [9.17, 15) is 27.2 Å². The number of alkyl halides is 3. The highest BCUT2D eigenvalue weighted by Crippen LogP contribution is 2.32. The summed E-state index contributed by atoms with van der Waals surface area (Å²) in [5.74, 6) is -2.02. The smallest absolute Gasteiger partial charge is 0.368 e. The van der Waals surface area contributed by atoms with Crippen molar-refractivity contribution in [2.75, 3.05) is 0 Å². The standard InChI is InChI=1S/C18H16F4N2O2/c19-13-7-5-11(6-8-13)9-16(25)24-15(17(23)26)10-12-3-1-2-4-14(12)18(20,21)22/h1-8,15H,9-10H2,(H2,23,26)(H,24,25)/t15-/m0/s1. The number of hydrogen-bond acceptors (Lipinski definition) is 2. The van der Waals surface area contributed by atoms with E-state index >= 15 is 0 Å². The third-order valence-electron chi connectivity index (χ3n) is 3.70. The number of nitrogens with two attached hydrogens (primary N) is 1. The largest absolute Gasteiger partial charge is 0.416 e. The van der Waals surface area contributed by atoms with Gasteiger partial charge in [-0.25, -0.2) is 4.39 Å². The van der Waals surface area contributed by atoms with Crippen molar-refractivity contribution in [1.82, 2.24) is 5.32 Å². The molecule has 4 nitrogen and oxygen atoms in total. The van der Waals surface area contributed by atoms with Gasteiger partial charge in [0.25, 0.3) is 0 Å². The number of carbonyl (C=O) groups is 2. The molecule has 2 amide bonds. The van der Waals surface area contributed by atoms with Gasteiger partial charge in [0.15, 0.2) is 0 Å². The van der Waals surface area contributed by atoms with E-state index in [2.05, 4.69) is 5.32 Å². The number of rotatable bonds is 6. The van der Waals surface area contributed by atoms with E-state index < -0.39 is 35.4 Å². The first-order valence-corrected chi connectivity index (χ1v) is 7.65. The van der Waals surface area contributed by atoms with E-state index in [1.54, 1.807) is 0 Å². The van der Waals surface area contributed by atoms with Crippen LogP contribution in [-0.4, -0.2) is 17.9 Å². The van der Waals surface area contributed by atoms with Crippen LogP contribution in [0.5, 0.6) is 0 Å². The van der Waals surface area contributed by atoms with Gasteiger partial charge in [-0.2, -0.15) is 13.2 Å². The Morgan fingerprint density at radius 2 is 1.65 bits per heavy atom. The molecule has 0 saturated carbocycles. The number of halogens is 4. The Labute approximate surface area is 147 Å². The lowest BCUT2D eigenvalue weighted by atomic mass is 9.99. The van der Waals surface area contributed by atoms with Gasteiger partial charge in [0.1, 0.15) is 11.9 Å². The van der Waals surface area contributed by atoms with Crippen molar-refractivity contribution >= 4 is 11.8 Å². The zero-order valence-electron chi connectivity index (χ0n) is 13.5. The molecule has 0 fully saturated rings. The van der Waals surface area contributed by atoms with Crippen LogP contribution in [0.3, 0.4) is 0 Å². The van der Waals surface area contributed by atoms with E-state index in [-0.39, 0.29) is 18.4 Å². The molecule has 26 heavy (non-hydrogen) atoms. The Kier molecular flexibility index (Phi) is 5.97. The van der Waals surface area contributed by atoms with E-state index in [0.29, 0.717) is 5.56 Å². The summed E-state index contributed by atoms with van der Waals surface area (Å²) in [7, 11) is 0. The summed E-state index contributed by atoms with van der Waals surface area (Å²) in [4.78, 5) is 23.6. The van der Waals surface area contributed by atoms with Gasteiger partial charge >= 0.3 is 6.18 Å².